The molecule has 0 spiro atoms. The second-order valence-electron chi connectivity index (χ2n) is 6.42. The van der Waals surface area contributed by atoms with Crippen molar-refractivity contribution in [3.8, 4) is 0 Å². The van der Waals surface area contributed by atoms with Gasteiger partial charge in [0.1, 0.15) is 0 Å². The molecule has 1 heterocycles. The molecule has 2 bridgehead atoms. The minimum Gasteiger partial charge on any atom is -0.481 e. The molecule has 3 saturated carbocycles. The Morgan fingerprint density at radius 3 is 2.75 bits per heavy atom. The Balaban J connectivity index is 1.61. The van der Waals surface area contributed by atoms with Gasteiger partial charge in [0, 0.05) is 17.9 Å². The van der Waals surface area contributed by atoms with Crippen molar-refractivity contribution in [2.24, 2.45) is 23.7 Å². The smallest absolute Gasteiger partial charge is 0.313 e. The van der Waals surface area contributed by atoms with Crippen LogP contribution in [0.15, 0.2) is 11.4 Å². The SMILES string of the molecule is CCc1cnc(SCC(=O)O)n1C1C2C3CCC(C3)C21. The third-order valence-corrected chi connectivity index (χ3v) is 6.47. The number of carboxylic acid groups (broad SMARTS) is 1. The Morgan fingerprint density at radius 2 is 2.15 bits per heavy atom. The maximum atomic E-state index is 10.8. The summed E-state index contributed by atoms with van der Waals surface area (Å²) in [5.41, 5.74) is 1.27. The second kappa shape index (κ2) is 4.52. The Labute approximate surface area is 123 Å². The van der Waals surface area contributed by atoms with E-state index in [4.69, 9.17) is 5.11 Å². The molecule has 0 aromatic carbocycles. The Bertz CT molecular complexity index is 540. The first-order valence-corrected chi connectivity index (χ1v) is 8.60. The average Bonchev–Trinajstić information content (AvgIpc) is 2.83. The topological polar surface area (TPSA) is 55.1 Å². The van der Waals surface area contributed by atoms with E-state index in [1.165, 1.54) is 36.7 Å². The number of hydrogen-bond donors (Lipinski definition) is 1. The van der Waals surface area contributed by atoms with Crippen LogP contribution in [0.1, 0.15) is 37.9 Å². The summed E-state index contributed by atoms with van der Waals surface area (Å²) in [4.78, 5) is 15.3. The quantitative estimate of drug-likeness (QED) is 0.848. The zero-order chi connectivity index (χ0) is 13.9. The van der Waals surface area contributed by atoms with Gasteiger partial charge in [-0.15, -0.1) is 0 Å². The van der Waals surface area contributed by atoms with E-state index >= 15 is 0 Å². The highest BCUT2D eigenvalue weighted by atomic mass is 32.2. The van der Waals surface area contributed by atoms with E-state index in [-0.39, 0.29) is 5.75 Å². The summed E-state index contributed by atoms with van der Waals surface area (Å²) in [6, 6.07) is 0.620. The predicted molar refractivity (Wildman–Crippen MR) is 76.8 cm³/mol. The van der Waals surface area contributed by atoms with E-state index in [9.17, 15) is 4.79 Å². The molecular formula is C15H20N2O2S. The Hall–Kier alpha value is -0.970. The summed E-state index contributed by atoms with van der Waals surface area (Å²) in [5.74, 6) is 2.92. The monoisotopic (exact) mass is 292 g/mol. The molecule has 1 aromatic heterocycles. The molecule has 108 valence electrons. The first-order valence-electron chi connectivity index (χ1n) is 7.61. The molecule has 4 atom stereocenters. The first-order chi connectivity index (χ1) is 9.70. The molecular weight excluding hydrogens is 272 g/mol. The van der Waals surface area contributed by atoms with Crippen LogP contribution in [-0.2, 0) is 11.2 Å². The lowest BCUT2D eigenvalue weighted by Crippen LogP contribution is -2.10. The van der Waals surface area contributed by atoms with E-state index in [0.29, 0.717) is 6.04 Å². The molecule has 1 N–H and O–H groups in total. The number of aliphatic carboxylic acids is 1. The van der Waals surface area contributed by atoms with Gasteiger partial charge in [0.05, 0.1) is 5.75 Å². The molecule has 0 radical (unpaired) electrons. The minimum absolute atomic E-state index is 0.106. The highest BCUT2D eigenvalue weighted by molar-refractivity contribution is 7.99. The number of imidazole rings is 1. The van der Waals surface area contributed by atoms with Crippen LogP contribution in [0.25, 0.3) is 0 Å². The van der Waals surface area contributed by atoms with Crippen LogP contribution in [0.3, 0.4) is 0 Å². The van der Waals surface area contributed by atoms with Crippen molar-refractivity contribution < 1.29 is 9.90 Å². The van der Waals surface area contributed by atoms with Gasteiger partial charge < -0.3 is 9.67 Å². The lowest BCUT2D eigenvalue weighted by atomic mass is 10.0. The van der Waals surface area contributed by atoms with Crippen molar-refractivity contribution in [3.63, 3.8) is 0 Å². The number of carboxylic acids is 1. The van der Waals surface area contributed by atoms with Gasteiger partial charge in [0.2, 0.25) is 0 Å². The number of fused-ring (bicyclic) bond motifs is 5. The standard InChI is InChI=1S/C15H20N2O2S/c1-2-10-6-16-15(20-7-11(18)19)17(10)14-12-8-3-4-9(5-8)13(12)14/h6,8-9,12-14H,2-5,7H2,1H3,(H,18,19). The van der Waals surface area contributed by atoms with E-state index in [1.54, 1.807) is 0 Å². The van der Waals surface area contributed by atoms with Crippen LogP contribution in [0, 0.1) is 23.7 Å². The lowest BCUT2D eigenvalue weighted by molar-refractivity contribution is -0.133. The number of rotatable bonds is 5. The molecule has 3 aliphatic carbocycles. The number of thioether (sulfide) groups is 1. The number of aromatic nitrogens is 2. The number of hydrogen-bond acceptors (Lipinski definition) is 3. The van der Waals surface area contributed by atoms with Gasteiger partial charge in [-0.05, 0) is 49.4 Å². The average molecular weight is 292 g/mol. The summed E-state index contributed by atoms with van der Waals surface area (Å²) in [7, 11) is 0. The number of nitrogens with zero attached hydrogens (tertiary/aromatic N) is 2. The van der Waals surface area contributed by atoms with Crippen molar-refractivity contribution in [2.45, 2.75) is 43.8 Å². The summed E-state index contributed by atoms with van der Waals surface area (Å²) in [6.07, 6.45) is 7.19. The van der Waals surface area contributed by atoms with E-state index < -0.39 is 5.97 Å². The van der Waals surface area contributed by atoms with Gasteiger partial charge in [-0.25, -0.2) is 4.98 Å². The summed E-state index contributed by atoms with van der Waals surface area (Å²) < 4.78 is 2.38. The molecule has 5 heteroatoms. The van der Waals surface area contributed by atoms with Crippen LogP contribution >= 0.6 is 11.8 Å². The number of carbonyl (C=O) groups is 1. The van der Waals surface area contributed by atoms with Crippen molar-refractivity contribution in [2.75, 3.05) is 5.75 Å². The molecule has 3 aliphatic rings. The summed E-state index contributed by atoms with van der Waals surface area (Å²) in [5, 5.41) is 9.80. The van der Waals surface area contributed by atoms with E-state index in [2.05, 4.69) is 16.5 Å². The molecule has 0 amide bonds. The molecule has 4 nitrogen and oxygen atoms in total. The minimum atomic E-state index is -0.765. The van der Waals surface area contributed by atoms with Gasteiger partial charge in [-0.1, -0.05) is 18.7 Å². The highest BCUT2D eigenvalue weighted by Crippen LogP contribution is 2.72. The van der Waals surface area contributed by atoms with E-state index in [0.717, 1.165) is 35.2 Å². The van der Waals surface area contributed by atoms with Crippen LogP contribution in [0.5, 0.6) is 0 Å². The molecule has 0 saturated heterocycles. The fourth-order valence-corrected chi connectivity index (χ4v) is 5.57. The Kier molecular flexibility index (Phi) is 2.88. The molecule has 3 fully saturated rings. The van der Waals surface area contributed by atoms with Crippen LogP contribution in [-0.4, -0.2) is 26.4 Å². The maximum Gasteiger partial charge on any atom is 0.313 e. The molecule has 4 rings (SSSR count). The maximum absolute atomic E-state index is 10.8. The third-order valence-electron chi connectivity index (χ3n) is 5.52. The third kappa shape index (κ3) is 1.75. The zero-order valence-corrected chi connectivity index (χ0v) is 12.5. The zero-order valence-electron chi connectivity index (χ0n) is 11.7. The molecule has 4 unspecified atom stereocenters. The molecule has 0 aliphatic heterocycles. The van der Waals surface area contributed by atoms with Gasteiger partial charge in [-0.3, -0.25) is 4.79 Å². The summed E-state index contributed by atoms with van der Waals surface area (Å²) in [6.45, 7) is 2.16. The van der Waals surface area contributed by atoms with Gasteiger partial charge in [0.25, 0.3) is 0 Å². The van der Waals surface area contributed by atoms with Gasteiger partial charge in [-0.2, -0.15) is 0 Å². The fraction of sp³-hybridized carbons (Fsp3) is 0.733. The first kappa shape index (κ1) is 12.7. The van der Waals surface area contributed by atoms with Crippen LogP contribution in [0.4, 0.5) is 0 Å². The van der Waals surface area contributed by atoms with Crippen molar-refractivity contribution in [1.29, 1.82) is 0 Å². The predicted octanol–water partition coefficient (Wildman–Crippen LogP) is 2.84. The summed E-state index contributed by atoms with van der Waals surface area (Å²) >= 11 is 1.37. The van der Waals surface area contributed by atoms with Crippen molar-refractivity contribution in [1.82, 2.24) is 9.55 Å². The lowest BCUT2D eigenvalue weighted by Gasteiger charge is -2.15. The fourth-order valence-electron chi connectivity index (χ4n) is 4.81. The van der Waals surface area contributed by atoms with Crippen LogP contribution in [0.2, 0.25) is 0 Å². The van der Waals surface area contributed by atoms with Crippen molar-refractivity contribution >= 4 is 17.7 Å². The largest absolute Gasteiger partial charge is 0.481 e. The second-order valence-corrected chi connectivity index (χ2v) is 7.36. The highest BCUT2D eigenvalue weighted by Gasteiger charge is 2.66. The molecule has 20 heavy (non-hydrogen) atoms. The Morgan fingerprint density at radius 1 is 1.45 bits per heavy atom. The molecule has 1 aromatic rings. The normalized spacial score (nSPS) is 37.1. The van der Waals surface area contributed by atoms with Gasteiger partial charge >= 0.3 is 5.97 Å². The van der Waals surface area contributed by atoms with Crippen LogP contribution < -0.4 is 0 Å². The number of aryl methyl sites for hydroxylation is 1. The van der Waals surface area contributed by atoms with Crippen molar-refractivity contribution in [3.05, 3.63) is 11.9 Å². The van der Waals surface area contributed by atoms with Gasteiger partial charge in [0.15, 0.2) is 5.16 Å². The van der Waals surface area contributed by atoms with E-state index in [1.807, 2.05) is 6.20 Å².